The average Bonchev–Trinajstić information content (AvgIpc) is 3.16. The van der Waals surface area contributed by atoms with Crippen molar-refractivity contribution in [2.24, 2.45) is 7.05 Å². The number of imidazole rings is 1. The Balaban J connectivity index is 1.85. The van der Waals surface area contributed by atoms with Gasteiger partial charge in [-0.25, -0.2) is 4.98 Å². The van der Waals surface area contributed by atoms with Crippen LogP contribution in [0.4, 0.5) is 0 Å². The van der Waals surface area contributed by atoms with Crippen molar-refractivity contribution >= 4 is 28.3 Å². The van der Waals surface area contributed by atoms with Crippen LogP contribution >= 0.6 is 11.3 Å². The summed E-state index contributed by atoms with van der Waals surface area (Å²) >= 11 is 1.75. The number of aromatic nitrogens is 2. The predicted molar refractivity (Wildman–Crippen MR) is 103 cm³/mol. The number of carbonyl (C=O) groups excluding carboxylic acids is 1. The highest BCUT2D eigenvalue weighted by atomic mass is 32.1. The molecule has 132 valence electrons. The van der Waals surface area contributed by atoms with Gasteiger partial charge in [-0.2, -0.15) is 0 Å². The first kappa shape index (κ1) is 17.6. The number of thiophene rings is 1. The van der Waals surface area contributed by atoms with Crippen LogP contribution in [0.15, 0.2) is 36.7 Å². The number of benzene rings is 1. The van der Waals surface area contributed by atoms with Gasteiger partial charge in [0.15, 0.2) is 0 Å². The van der Waals surface area contributed by atoms with Crippen molar-refractivity contribution in [3.63, 3.8) is 0 Å². The fourth-order valence-corrected chi connectivity index (χ4v) is 3.69. The minimum absolute atomic E-state index is 0.0560. The minimum Gasteiger partial charge on any atom is -0.334 e. The van der Waals surface area contributed by atoms with Crippen molar-refractivity contribution in [3.8, 4) is 0 Å². The van der Waals surface area contributed by atoms with Crippen molar-refractivity contribution in [3.05, 3.63) is 52.0 Å². The summed E-state index contributed by atoms with van der Waals surface area (Å²) in [4.78, 5) is 24.0. The Morgan fingerprint density at radius 2 is 2.00 bits per heavy atom. The van der Waals surface area contributed by atoms with E-state index in [1.165, 1.54) is 9.75 Å². The lowest BCUT2D eigenvalue weighted by Gasteiger charge is -2.24. The normalized spacial score (nSPS) is 11.4. The van der Waals surface area contributed by atoms with Crippen molar-refractivity contribution in [1.82, 2.24) is 19.4 Å². The van der Waals surface area contributed by atoms with Gasteiger partial charge in [-0.1, -0.05) is 0 Å². The van der Waals surface area contributed by atoms with E-state index in [1.807, 2.05) is 48.8 Å². The summed E-state index contributed by atoms with van der Waals surface area (Å²) in [6.07, 6.45) is 1.77. The number of carbonyl (C=O) groups is 1. The predicted octanol–water partition coefficient (Wildman–Crippen LogP) is 3.15. The third-order valence-corrected chi connectivity index (χ3v) is 5.20. The molecule has 0 radical (unpaired) electrons. The summed E-state index contributed by atoms with van der Waals surface area (Å²) in [6, 6.07) is 9.97. The quantitative estimate of drug-likeness (QED) is 0.681. The van der Waals surface area contributed by atoms with Crippen molar-refractivity contribution in [2.75, 3.05) is 27.2 Å². The maximum atomic E-state index is 13.1. The lowest BCUT2D eigenvalue weighted by molar-refractivity contribution is 0.0734. The number of amides is 1. The fourth-order valence-electron chi connectivity index (χ4n) is 2.78. The number of rotatable bonds is 6. The SMILES string of the molecule is Cc1ccc(CN(CCN(C)C)C(=O)c2ccc3c(c2)ncn3C)s1. The van der Waals surface area contributed by atoms with Gasteiger partial charge in [0.1, 0.15) is 0 Å². The molecular formula is C19H24N4OS. The van der Waals surface area contributed by atoms with Crippen LogP contribution < -0.4 is 0 Å². The van der Waals surface area contributed by atoms with Gasteiger partial charge >= 0.3 is 0 Å². The van der Waals surface area contributed by atoms with Crippen LogP contribution in [0.1, 0.15) is 20.1 Å². The van der Waals surface area contributed by atoms with Gasteiger partial charge in [-0.3, -0.25) is 4.79 Å². The molecular weight excluding hydrogens is 332 g/mol. The van der Waals surface area contributed by atoms with Crippen molar-refractivity contribution < 1.29 is 4.79 Å². The molecule has 0 saturated heterocycles. The van der Waals surface area contributed by atoms with Crippen LogP contribution in [0.3, 0.4) is 0 Å². The Morgan fingerprint density at radius 1 is 1.20 bits per heavy atom. The molecule has 0 aliphatic carbocycles. The second-order valence-corrected chi connectivity index (χ2v) is 7.97. The monoisotopic (exact) mass is 356 g/mol. The molecule has 0 fully saturated rings. The van der Waals surface area contributed by atoms with E-state index >= 15 is 0 Å². The molecule has 0 N–H and O–H groups in total. The first-order valence-electron chi connectivity index (χ1n) is 8.34. The maximum Gasteiger partial charge on any atom is 0.254 e. The van der Waals surface area contributed by atoms with Crippen molar-refractivity contribution in [1.29, 1.82) is 0 Å². The van der Waals surface area contributed by atoms with Gasteiger partial charge in [0.05, 0.1) is 23.9 Å². The second kappa shape index (κ2) is 7.37. The first-order chi connectivity index (χ1) is 11.9. The minimum atomic E-state index is 0.0560. The van der Waals surface area contributed by atoms with E-state index in [0.29, 0.717) is 18.7 Å². The number of hydrogen-bond acceptors (Lipinski definition) is 4. The molecule has 2 aromatic heterocycles. The fraction of sp³-hybridized carbons (Fsp3) is 0.368. The standard InChI is InChI=1S/C19H24N4OS/c1-14-5-7-16(25-14)12-23(10-9-21(2)3)19(24)15-6-8-18-17(11-15)20-13-22(18)4/h5-8,11,13H,9-10,12H2,1-4H3. The molecule has 5 nitrogen and oxygen atoms in total. The number of nitrogens with zero attached hydrogens (tertiary/aromatic N) is 4. The Hall–Kier alpha value is -2.18. The zero-order valence-corrected chi connectivity index (χ0v) is 16.0. The number of aryl methyl sites for hydroxylation is 2. The first-order valence-corrected chi connectivity index (χ1v) is 9.16. The van der Waals surface area contributed by atoms with Gasteiger partial charge in [0, 0.05) is 35.5 Å². The van der Waals surface area contributed by atoms with Gasteiger partial charge in [-0.05, 0) is 51.4 Å². The molecule has 0 unspecified atom stereocenters. The molecule has 3 rings (SSSR count). The van der Waals surface area contributed by atoms with Crippen molar-refractivity contribution in [2.45, 2.75) is 13.5 Å². The maximum absolute atomic E-state index is 13.1. The summed E-state index contributed by atoms with van der Waals surface area (Å²) in [6.45, 7) is 4.27. The lowest BCUT2D eigenvalue weighted by Crippen LogP contribution is -2.36. The number of fused-ring (bicyclic) bond motifs is 1. The van der Waals surface area contributed by atoms with Crippen LogP contribution in [0.5, 0.6) is 0 Å². The van der Waals surface area contributed by atoms with E-state index in [1.54, 1.807) is 17.7 Å². The summed E-state index contributed by atoms with van der Waals surface area (Å²) in [5.74, 6) is 0.0560. The van der Waals surface area contributed by atoms with Gasteiger partial charge in [0.25, 0.3) is 5.91 Å². The third-order valence-electron chi connectivity index (χ3n) is 4.22. The van der Waals surface area contributed by atoms with Gasteiger partial charge < -0.3 is 14.4 Å². The van der Waals surface area contributed by atoms with E-state index in [4.69, 9.17) is 0 Å². The van der Waals surface area contributed by atoms with Crippen LogP contribution in [0.2, 0.25) is 0 Å². The molecule has 3 aromatic rings. The Bertz CT molecular complexity index is 881. The smallest absolute Gasteiger partial charge is 0.254 e. The van der Waals surface area contributed by atoms with E-state index in [2.05, 4.69) is 28.9 Å². The van der Waals surface area contributed by atoms with Crippen LogP contribution in [0.25, 0.3) is 11.0 Å². The zero-order valence-electron chi connectivity index (χ0n) is 15.2. The topological polar surface area (TPSA) is 41.4 Å². The molecule has 6 heteroatoms. The molecule has 0 spiro atoms. The Labute approximate surface area is 152 Å². The molecule has 0 saturated carbocycles. The summed E-state index contributed by atoms with van der Waals surface area (Å²) in [5.41, 5.74) is 2.58. The van der Waals surface area contributed by atoms with E-state index in [0.717, 1.165) is 17.6 Å². The molecule has 1 aromatic carbocycles. The van der Waals surface area contributed by atoms with Crippen LogP contribution in [-0.2, 0) is 13.6 Å². The van der Waals surface area contributed by atoms with Crippen LogP contribution in [-0.4, -0.2) is 52.4 Å². The Morgan fingerprint density at radius 3 is 2.68 bits per heavy atom. The molecule has 25 heavy (non-hydrogen) atoms. The second-order valence-electron chi connectivity index (χ2n) is 6.60. The van der Waals surface area contributed by atoms with Gasteiger partial charge in [0.2, 0.25) is 0 Å². The van der Waals surface area contributed by atoms with E-state index < -0.39 is 0 Å². The van der Waals surface area contributed by atoms with Gasteiger partial charge in [-0.15, -0.1) is 11.3 Å². The number of hydrogen-bond donors (Lipinski definition) is 0. The zero-order chi connectivity index (χ0) is 18.0. The average molecular weight is 356 g/mol. The van der Waals surface area contributed by atoms with Crippen LogP contribution in [0, 0.1) is 6.92 Å². The lowest BCUT2D eigenvalue weighted by atomic mass is 10.1. The largest absolute Gasteiger partial charge is 0.334 e. The summed E-state index contributed by atoms with van der Waals surface area (Å²) < 4.78 is 1.96. The highest BCUT2D eigenvalue weighted by Gasteiger charge is 2.18. The molecule has 1 amide bonds. The number of likely N-dealkylation sites (N-methyl/N-ethyl adjacent to an activating group) is 1. The third kappa shape index (κ3) is 4.08. The molecule has 0 aliphatic rings. The van der Waals surface area contributed by atoms with E-state index in [9.17, 15) is 4.79 Å². The molecule has 0 aliphatic heterocycles. The summed E-state index contributed by atoms with van der Waals surface area (Å²) in [5, 5.41) is 0. The summed E-state index contributed by atoms with van der Waals surface area (Å²) in [7, 11) is 6.01. The molecule has 0 atom stereocenters. The van der Waals surface area contributed by atoms with E-state index in [-0.39, 0.29) is 5.91 Å². The Kier molecular flexibility index (Phi) is 5.20. The molecule has 2 heterocycles. The highest BCUT2D eigenvalue weighted by molar-refractivity contribution is 7.11. The molecule has 0 bridgehead atoms. The highest BCUT2D eigenvalue weighted by Crippen LogP contribution is 2.20.